The van der Waals surface area contributed by atoms with Crippen molar-refractivity contribution in [2.24, 2.45) is 11.3 Å². The molecular weight excluding hydrogens is 223 g/mol. The van der Waals surface area contributed by atoms with E-state index in [0.29, 0.717) is 6.42 Å². The van der Waals surface area contributed by atoms with E-state index in [4.69, 9.17) is 10.2 Å². The summed E-state index contributed by atoms with van der Waals surface area (Å²) in [5.74, 6) is -2.86. The number of carbonyl (C=O) groups is 2. The van der Waals surface area contributed by atoms with E-state index < -0.39 is 23.3 Å². The number of hydrogen-bond donors (Lipinski definition) is 2. The predicted octanol–water partition coefficient (Wildman–Crippen LogP) is 1.34. The number of hydrogen-bond acceptors (Lipinski definition) is 2. The van der Waals surface area contributed by atoms with Crippen molar-refractivity contribution in [1.29, 1.82) is 0 Å². The number of carboxylic acids is 2. The molecule has 0 aromatic heterocycles. The molecular formula is C10H19KO4. The summed E-state index contributed by atoms with van der Waals surface area (Å²) in [5, 5.41) is 18.0. The molecule has 0 unspecified atom stereocenters. The SMILES string of the molecule is CCCCC(C(=O)O)(C(=O)O)C(C)C.[KH]. The van der Waals surface area contributed by atoms with E-state index in [1.807, 2.05) is 6.92 Å². The van der Waals surface area contributed by atoms with Gasteiger partial charge in [-0.05, 0) is 12.3 Å². The monoisotopic (exact) mass is 242 g/mol. The van der Waals surface area contributed by atoms with E-state index in [1.165, 1.54) is 0 Å². The Kier molecular flexibility index (Phi) is 9.32. The Labute approximate surface area is 133 Å². The summed E-state index contributed by atoms with van der Waals surface area (Å²) < 4.78 is 0. The molecule has 84 valence electrons. The van der Waals surface area contributed by atoms with Gasteiger partial charge in [0.2, 0.25) is 0 Å². The van der Waals surface area contributed by atoms with Crippen molar-refractivity contribution in [3.05, 3.63) is 0 Å². The second kappa shape index (κ2) is 7.79. The molecule has 0 aromatic carbocycles. The van der Waals surface area contributed by atoms with Crippen LogP contribution in [-0.2, 0) is 9.59 Å². The molecule has 0 aliphatic carbocycles. The van der Waals surface area contributed by atoms with Crippen molar-refractivity contribution in [1.82, 2.24) is 0 Å². The molecule has 0 aromatic rings. The van der Waals surface area contributed by atoms with E-state index in [-0.39, 0.29) is 57.8 Å². The maximum atomic E-state index is 11.0. The zero-order valence-electron chi connectivity index (χ0n) is 8.91. The summed E-state index contributed by atoms with van der Waals surface area (Å²) in [6.07, 6.45) is 1.62. The first kappa shape index (κ1) is 18.0. The van der Waals surface area contributed by atoms with Gasteiger partial charge < -0.3 is 10.2 Å². The second-order valence-corrected chi connectivity index (χ2v) is 3.84. The van der Waals surface area contributed by atoms with Crippen LogP contribution in [0.3, 0.4) is 0 Å². The molecule has 0 saturated carbocycles. The van der Waals surface area contributed by atoms with Crippen LogP contribution in [0.25, 0.3) is 0 Å². The minimum atomic E-state index is -1.62. The maximum absolute atomic E-state index is 11.0. The van der Waals surface area contributed by atoms with Crippen LogP contribution < -0.4 is 0 Å². The topological polar surface area (TPSA) is 74.6 Å². The molecule has 0 heterocycles. The summed E-state index contributed by atoms with van der Waals surface area (Å²) in [6, 6.07) is 0. The van der Waals surface area contributed by atoms with Gasteiger partial charge >= 0.3 is 63.3 Å². The Morgan fingerprint density at radius 2 is 1.60 bits per heavy atom. The van der Waals surface area contributed by atoms with Gasteiger partial charge in [-0.1, -0.05) is 33.6 Å². The van der Waals surface area contributed by atoms with Crippen molar-refractivity contribution < 1.29 is 19.8 Å². The van der Waals surface area contributed by atoms with Crippen LogP contribution in [0.4, 0.5) is 0 Å². The molecule has 5 heteroatoms. The summed E-state index contributed by atoms with van der Waals surface area (Å²) >= 11 is 0. The average Bonchev–Trinajstić information content (AvgIpc) is 2.03. The van der Waals surface area contributed by atoms with Gasteiger partial charge in [-0.15, -0.1) is 0 Å². The molecule has 0 fully saturated rings. The third-order valence-corrected chi connectivity index (χ3v) is 2.67. The van der Waals surface area contributed by atoms with Crippen LogP contribution in [0.15, 0.2) is 0 Å². The first-order valence-electron chi connectivity index (χ1n) is 4.86. The van der Waals surface area contributed by atoms with Gasteiger partial charge in [0.25, 0.3) is 0 Å². The fourth-order valence-electron chi connectivity index (χ4n) is 1.54. The molecule has 0 aliphatic heterocycles. The van der Waals surface area contributed by atoms with Crippen molar-refractivity contribution in [3.8, 4) is 0 Å². The van der Waals surface area contributed by atoms with Crippen LogP contribution in [-0.4, -0.2) is 73.5 Å². The van der Waals surface area contributed by atoms with Gasteiger partial charge in [0.05, 0.1) is 0 Å². The first-order chi connectivity index (χ1) is 6.39. The van der Waals surface area contributed by atoms with Crippen molar-refractivity contribution in [2.75, 3.05) is 0 Å². The summed E-state index contributed by atoms with van der Waals surface area (Å²) in [5.41, 5.74) is -1.62. The molecule has 0 saturated heterocycles. The fourth-order valence-corrected chi connectivity index (χ4v) is 1.54. The molecule has 0 atom stereocenters. The van der Waals surface area contributed by atoms with Gasteiger partial charge in [-0.25, -0.2) is 0 Å². The zero-order chi connectivity index (χ0) is 11.4. The van der Waals surface area contributed by atoms with Crippen LogP contribution in [0.1, 0.15) is 40.0 Å². The Morgan fingerprint density at radius 1 is 1.20 bits per heavy atom. The molecule has 0 spiro atoms. The first-order valence-corrected chi connectivity index (χ1v) is 4.86. The molecule has 15 heavy (non-hydrogen) atoms. The summed E-state index contributed by atoms with van der Waals surface area (Å²) in [6.45, 7) is 5.19. The Bertz CT molecular complexity index is 211. The summed E-state index contributed by atoms with van der Waals surface area (Å²) in [7, 11) is 0. The number of unbranched alkanes of at least 4 members (excludes halogenated alkanes) is 1. The van der Waals surface area contributed by atoms with Gasteiger partial charge in [0, 0.05) is 0 Å². The van der Waals surface area contributed by atoms with E-state index in [1.54, 1.807) is 13.8 Å². The Hall–Kier alpha value is 0.576. The van der Waals surface area contributed by atoms with E-state index in [9.17, 15) is 9.59 Å². The molecule has 0 rings (SSSR count). The zero-order valence-corrected chi connectivity index (χ0v) is 8.91. The van der Waals surface area contributed by atoms with Gasteiger partial charge in [0.1, 0.15) is 0 Å². The van der Waals surface area contributed by atoms with Crippen LogP contribution in [0.2, 0.25) is 0 Å². The van der Waals surface area contributed by atoms with Crippen molar-refractivity contribution in [2.45, 2.75) is 40.0 Å². The molecule has 0 radical (unpaired) electrons. The van der Waals surface area contributed by atoms with E-state index in [2.05, 4.69) is 0 Å². The minimum absolute atomic E-state index is 0. The van der Waals surface area contributed by atoms with E-state index >= 15 is 0 Å². The predicted molar refractivity (Wildman–Crippen MR) is 59.2 cm³/mol. The van der Waals surface area contributed by atoms with Crippen molar-refractivity contribution >= 4 is 63.3 Å². The quantitative estimate of drug-likeness (QED) is 0.544. The molecule has 0 amide bonds. The number of aliphatic carboxylic acids is 2. The standard InChI is InChI=1S/C10H18O4.K.H/c1-4-5-6-10(7(2)3,8(11)12)9(13)14;;/h7H,4-6H2,1-3H3,(H,11,12)(H,13,14);;. The average molecular weight is 242 g/mol. The third kappa shape index (κ3) is 4.15. The number of carboxylic acid groups (broad SMARTS) is 2. The molecule has 2 N–H and O–H groups in total. The van der Waals surface area contributed by atoms with Crippen molar-refractivity contribution in [3.63, 3.8) is 0 Å². The second-order valence-electron chi connectivity index (χ2n) is 3.84. The van der Waals surface area contributed by atoms with Crippen LogP contribution in [0, 0.1) is 11.3 Å². The molecule has 4 nitrogen and oxygen atoms in total. The van der Waals surface area contributed by atoms with Gasteiger partial charge in [0.15, 0.2) is 5.41 Å². The van der Waals surface area contributed by atoms with Gasteiger partial charge in [-0.3, -0.25) is 9.59 Å². The summed E-state index contributed by atoms with van der Waals surface area (Å²) in [4.78, 5) is 22.1. The number of rotatable bonds is 6. The Morgan fingerprint density at radius 3 is 1.80 bits per heavy atom. The van der Waals surface area contributed by atoms with Gasteiger partial charge in [-0.2, -0.15) is 0 Å². The molecule has 0 aliphatic rings. The third-order valence-electron chi connectivity index (χ3n) is 2.67. The fraction of sp³-hybridized carbons (Fsp3) is 0.800. The normalized spacial score (nSPS) is 10.9. The van der Waals surface area contributed by atoms with Crippen LogP contribution >= 0.6 is 0 Å². The van der Waals surface area contributed by atoms with Crippen LogP contribution in [0.5, 0.6) is 0 Å². The van der Waals surface area contributed by atoms with E-state index in [0.717, 1.165) is 6.42 Å². The Balaban J connectivity index is 0. The molecule has 0 bridgehead atoms.